The van der Waals surface area contributed by atoms with Crippen molar-refractivity contribution in [2.75, 3.05) is 40.4 Å². The van der Waals surface area contributed by atoms with Crippen molar-refractivity contribution in [3.8, 4) is 22.5 Å². The maximum atomic E-state index is 14.8. The molecular weight excluding hydrogens is 793 g/mol. The first-order valence-electron chi connectivity index (χ1n) is 22.3. The Bertz CT molecular complexity index is 2340. The Balaban J connectivity index is 1.32. The zero-order valence-corrected chi connectivity index (χ0v) is 37.1. The number of methoxy groups -OCH3 is 1. The van der Waals surface area contributed by atoms with Crippen LogP contribution >= 0.6 is 0 Å². The zero-order valence-electron chi connectivity index (χ0n) is 37.1. The normalized spacial score (nSPS) is 24.2. The second-order valence-corrected chi connectivity index (χ2v) is 18.9. The summed E-state index contributed by atoms with van der Waals surface area (Å²) in [5, 5.41) is 5.22. The summed E-state index contributed by atoms with van der Waals surface area (Å²) in [7, 11) is 3.85. The minimum absolute atomic E-state index is 0.102. The average Bonchev–Trinajstić information content (AvgIpc) is 3.94. The molecule has 1 saturated carbocycles. The van der Waals surface area contributed by atoms with Crippen molar-refractivity contribution >= 4 is 28.7 Å². The van der Waals surface area contributed by atoms with Crippen LogP contribution in [-0.2, 0) is 43.2 Å². The van der Waals surface area contributed by atoms with Gasteiger partial charge in [0.15, 0.2) is 0 Å². The number of hydrazine groups is 1. The molecule has 332 valence electrons. The summed E-state index contributed by atoms with van der Waals surface area (Å²) in [6.07, 6.45) is 3.03. The lowest BCUT2D eigenvalue weighted by atomic mass is 9.83. The summed E-state index contributed by atoms with van der Waals surface area (Å²) in [5.74, 6) is -0.881. The molecule has 2 amide bonds. The maximum absolute atomic E-state index is 14.8. The molecule has 3 aliphatic heterocycles. The van der Waals surface area contributed by atoms with Gasteiger partial charge in [-0.25, -0.2) is 14.2 Å². The fourth-order valence-corrected chi connectivity index (χ4v) is 9.65. The molecule has 6 bridgehead atoms. The van der Waals surface area contributed by atoms with E-state index in [0.717, 1.165) is 59.3 Å². The van der Waals surface area contributed by atoms with Crippen molar-refractivity contribution in [1.29, 1.82) is 0 Å². The van der Waals surface area contributed by atoms with Crippen LogP contribution in [0, 0.1) is 17.3 Å². The third kappa shape index (κ3) is 9.01. The second-order valence-electron chi connectivity index (χ2n) is 18.9. The number of cyclic esters (lactones) is 1. The van der Waals surface area contributed by atoms with Crippen molar-refractivity contribution in [2.24, 2.45) is 17.3 Å². The van der Waals surface area contributed by atoms with Gasteiger partial charge in [0.1, 0.15) is 12.1 Å². The van der Waals surface area contributed by atoms with Crippen LogP contribution in [0.15, 0.2) is 42.6 Å². The average molecular weight is 854 g/mol. The molecule has 0 radical (unpaired) electrons. The molecule has 1 aliphatic carbocycles. The summed E-state index contributed by atoms with van der Waals surface area (Å²) in [6.45, 7) is 13.3. The number of esters is 1. The van der Waals surface area contributed by atoms with Gasteiger partial charge in [0.05, 0.1) is 29.8 Å². The highest BCUT2D eigenvalue weighted by atomic mass is 19.3. The van der Waals surface area contributed by atoms with Crippen molar-refractivity contribution in [3.63, 3.8) is 0 Å². The lowest BCUT2D eigenvalue weighted by molar-refractivity contribution is -0.155. The van der Waals surface area contributed by atoms with E-state index in [-0.39, 0.29) is 48.1 Å². The van der Waals surface area contributed by atoms with E-state index in [0.29, 0.717) is 55.9 Å². The van der Waals surface area contributed by atoms with Crippen molar-refractivity contribution in [2.45, 2.75) is 117 Å². The third-order valence-electron chi connectivity index (χ3n) is 13.5. The van der Waals surface area contributed by atoms with Crippen LogP contribution in [0.5, 0.6) is 0 Å². The quantitative estimate of drug-likeness (QED) is 0.173. The van der Waals surface area contributed by atoms with Gasteiger partial charge in [0.2, 0.25) is 5.91 Å². The first kappa shape index (κ1) is 43.8. The van der Waals surface area contributed by atoms with Gasteiger partial charge in [0.25, 0.3) is 12.3 Å². The lowest BCUT2D eigenvalue weighted by Crippen LogP contribution is -2.60. The van der Waals surface area contributed by atoms with Crippen LogP contribution < -0.4 is 10.7 Å². The van der Waals surface area contributed by atoms with E-state index in [1.807, 2.05) is 38.2 Å². The summed E-state index contributed by atoms with van der Waals surface area (Å²) < 4.78 is 43.9. The number of aromatic nitrogens is 3. The molecule has 4 aliphatic rings. The number of carbonyl (C=O) groups is 3. The van der Waals surface area contributed by atoms with Crippen LogP contribution in [0.3, 0.4) is 0 Å². The fourth-order valence-electron chi connectivity index (χ4n) is 9.65. The summed E-state index contributed by atoms with van der Waals surface area (Å²) in [4.78, 5) is 53.9. The van der Waals surface area contributed by atoms with E-state index in [1.165, 1.54) is 22.7 Å². The number of amides is 2. The number of nitrogens with one attached hydrogen (secondary N) is 2. The molecule has 0 spiro atoms. The smallest absolute Gasteiger partial charge is 0.324 e. The highest BCUT2D eigenvalue weighted by molar-refractivity contribution is 5.95. The number of pyridine rings is 2. The number of fused-ring (bicyclic) bond motifs is 6. The molecule has 3 fully saturated rings. The van der Waals surface area contributed by atoms with E-state index in [2.05, 4.69) is 54.1 Å². The number of hydrogen-bond acceptors (Lipinski definition) is 9. The highest BCUT2D eigenvalue weighted by Crippen LogP contribution is 2.44. The number of hydrogen-bond donors (Lipinski definition) is 2. The van der Waals surface area contributed by atoms with E-state index >= 15 is 0 Å². The van der Waals surface area contributed by atoms with Crippen LogP contribution in [0.4, 0.5) is 8.78 Å². The molecule has 12 nitrogen and oxygen atoms in total. The monoisotopic (exact) mass is 853 g/mol. The van der Waals surface area contributed by atoms with Crippen LogP contribution in [0.25, 0.3) is 33.4 Å². The number of rotatable bonds is 8. The molecular formula is C48H61F2N7O5. The van der Waals surface area contributed by atoms with Crippen LogP contribution in [0.1, 0.15) is 113 Å². The molecule has 62 heavy (non-hydrogen) atoms. The number of carbonyl (C=O) groups excluding carboxylic acids is 3. The minimum atomic E-state index is -2.81. The van der Waals surface area contributed by atoms with Gasteiger partial charge >= 0.3 is 5.97 Å². The fraction of sp³-hybridized carbons (Fsp3) is 0.562. The minimum Gasteiger partial charge on any atom is -0.464 e. The van der Waals surface area contributed by atoms with Gasteiger partial charge in [-0.2, -0.15) is 0 Å². The Kier molecular flexibility index (Phi) is 12.6. The van der Waals surface area contributed by atoms with Crippen molar-refractivity contribution in [3.05, 3.63) is 70.7 Å². The second kappa shape index (κ2) is 17.8. The predicted octanol–water partition coefficient (Wildman–Crippen LogP) is 7.54. The number of ether oxygens (including phenoxy) is 2. The summed E-state index contributed by atoms with van der Waals surface area (Å²) in [5.41, 5.74) is 9.47. The molecule has 0 unspecified atom stereocenters. The van der Waals surface area contributed by atoms with Crippen molar-refractivity contribution in [1.82, 2.24) is 35.2 Å². The highest BCUT2D eigenvalue weighted by Gasteiger charge is 2.42. The Hall–Kier alpha value is -4.79. The standard InChI is InChI=1S/C48H61F2N7O5/c1-8-56-41-12-11-30-20-35(41)37(43(56)36-21-32(25-51-42(36)28(3)61-7)29-13-16-55(6)17-14-29)24-48(4,5)26-62-47(60)38-10-9-15-57(54-38)46(59)40(53-45(58)34-18-27(34)2)23-33-19-31(44(49)50)22-39(30)52-33/h11-12,19-22,25,27-29,34,38,40,44,54H,8-10,13-18,23-24,26H2,1-7H3,(H,53,58)/t27-,28-,34-,38-,40-/m0/s1. The largest absolute Gasteiger partial charge is 0.464 e. The van der Waals surface area contributed by atoms with Gasteiger partial charge in [-0.3, -0.25) is 29.4 Å². The Labute approximate surface area is 363 Å². The Morgan fingerprint density at radius 1 is 1.10 bits per heavy atom. The molecule has 14 heteroatoms. The first-order valence-corrected chi connectivity index (χ1v) is 22.3. The number of likely N-dealkylation sites (tertiary alicyclic amines) is 1. The van der Waals surface area contributed by atoms with Gasteiger partial charge < -0.3 is 24.3 Å². The summed E-state index contributed by atoms with van der Waals surface area (Å²) in [6, 6.07) is 9.10. The molecule has 3 aromatic heterocycles. The topological polar surface area (TPSA) is 131 Å². The van der Waals surface area contributed by atoms with E-state index in [9.17, 15) is 23.2 Å². The van der Waals surface area contributed by atoms with Gasteiger partial charge in [-0.05, 0) is 126 Å². The predicted molar refractivity (Wildman–Crippen MR) is 233 cm³/mol. The van der Waals surface area contributed by atoms with Crippen molar-refractivity contribution < 1.29 is 32.6 Å². The zero-order chi connectivity index (χ0) is 44.0. The number of alkyl halides is 2. The summed E-state index contributed by atoms with van der Waals surface area (Å²) >= 11 is 0. The number of halogens is 2. The SMILES string of the molecule is CCn1c(-c2cc(C3CCN(C)CC3)cnc2[C@H](C)OC)c2c3cc(ccc31)-c1cc(C(F)F)cc(n1)C[C@H](NC(=O)[C@H]1C[C@@H]1C)C(=O)N1CCC[C@H](N1)C(=O)OCC(C)(C)C2. The van der Waals surface area contributed by atoms with E-state index in [1.54, 1.807) is 7.11 Å². The first-order chi connectivity index (χ1) is 29.6. The van der Waals surface area contributed by atoms with Gasteiger partial charge in [0, 0.05) is 77.4 Å². The van der Waals surface area contributed by atoms with E-state index < -0.39 is 35.8 Å². The van der Waals surface area contributed by atoms with Gasteiger partial charge in [-0.15, -0.1) is 0 Å². The number of nitrogens with zero attached hydrogens (tertiary/aromatic N) is 5. The van der Waals surface area contributed by atoms with Gasteiger partial charge in [-0.1, -0.05) is 26.8 Å². The maximum Gasteiger partial charge on any atom is 0.324 e. The molecule has 2 saturated heterocycles. The van der Waals surface area contributed by atoms with Crippen LogP contribution in [-0.4, -0.2) is 94.7 Å². The van der Waals surface area contributed by atoms with Crippen LogP contribution in [0.2, 0.25) is 0 Å². The molecule has 1 aromatic carbocycles. The number of piperidine rings is 1. The molecule has 2 N–H and O–H groups in total. The third-order valence-corrected chi connectivity index (χ3v) is 13.5. The molecule has 4 aromatic rings. The lowest BCUT2D eigenvalue weighted by Gasteiger charge is -2.35. The Morgan fingerprint density at radius 3 is 2.55 bits per heavy atom. The molecule has 5 atom stereocenters. The number of benzene rings is 1. The number of aryl methyl sites for hydroxylation is 1. The molecule has 8 rings (SSSR count). The Morgan fingerprint density at radius 2 is 1.85 bits per heavy atom. The molecule has 6 heterocycles. The van der Waals surface area contributed by atoms with E-state index in [4.69, 9.17) is 19.4 Å².